The van der Waals surface area contributed by atoms with Gasteiger partial charge < -0.3 is 9.73 Å². The monoisotopic (exact) mass is 222 g/mol. The van der Waals surface area contributed by atoms with Gasteiger partial charge in [-0.1, -0.05) is 26.2 Å². The number of oxazole rings is 1. The van der Waals surface area contributed by atoms with E-state index in [1.54, 1.807) is 0 Å². The molecule has 0 bridgehead atoms. The van der Waals surface area contributed by atoms with Crippen LogP contribution >= 0.6 is 0 Å². The molecule has 0 saturated heterocycles. The van der Waals surface area contributed by atoms with Gasteiger partial charge in [-0.25, -0.2) is 4.98 Å². The van der Waals surface area contributed by atoms with Gasteiger partial charge in [0.1, 0.15) is 5.76 Å². The van der Waals surface area contributed by atoms with Crippen LogP contribution in [0.3, 0.4) is 0 Å². The molecule has 0 aromatic carbocycles. The number of hydrogen-bond donors (Lipinski definition) is 1. The Labute approximate surface area is 97.6 Å². The van der Waals surface area contributed by atoms with Crippen molar-refractivity contribution < 1.29 is 4.42 Å². The third kappa shape index (κ3) is 2.46. The van der Waals surface area contributed by atoms with Crippen molar-refractivity contribution in [1.82, 2.24) is 10.3 Å². The zero-order chi connectivity index (χ0) is 11.4. The molecule has 1 fully saturated rings. The Hall–Kier alpha value is -0.830. The molecule has 1 N–H and O–H groups in total. The minimum atomic E-state index is 0.574. The summed E-state index contributed by atoms with van der Waals surface area (Å²) in [5, 5.41) is 3.14. The largest absolute Gasteiger partial charge is 0.444 e. The van der Waals surface area contributed by atoms with Gasteiger partial charge >= 0.3 is 0 Å². The number of aryl methyl sites for hydroxylation is 1. The Kier molecular flexibility index (Phi) is 3.99. The highest BCUT2D eigenvalue weighted by Crippen LogP contribution is 2.33. The maximum Gasteiger partial charge on any atom is 0.197 e. The second-order valence-electron chi connectivity index (χ2n) is 4.64. The van der Waals surface area contributed by atoms with E-state index in [1.807, 2.05) is 7.05 Å². The molecule has 0 spiro atoms. The summed E-state index contributed by atoms with van der Waals surface area (Å²) in [4.78, 5) is 4.66. The van der Waals surface area contributed by atoms with E-state index >= 15 is 0 Å². The summed E-state index contributed by atoms with van der Waals surface area (Å²) >= 11 is 0. The van der Waals surface area contributed by atoms with Crippen LogP contribution in [-0.2, 0) is 13.0 Å². The van der Waals surface area contributed by atoms with E-state index in [2.05, 4.69) is 17.2 Å². The van der Waals surface area contributed by atoms with Crippen LogP contribution in [0.2, 0.25) is 0 Å². The quantitative estimate of drug-likeness (QED) is 0.851. The van der Waals surface area contributed by atoms with Crippen molar-refractivity contribution in [2.75, 3.05) is 7.05 Å². The fourth-order valence-corrected chi connectivity index (χ4v) is 2.50. The number of nitrogens with one attached hydrogen (secondary N) is 1. The summed E-state index contributed by atoms with van der Waals surface area (Å²) in [7, 11) is 1.95. The number of hydrogen-bond acceptors (Lipinski definition) is 3. The Morgan fingerprint density at radius 3 is 2.69 bits per heavy atom. The van der Waals surface area contributed by atoms with Crippen LogP contribution in [0.4, 0.5) is 0 Å². The fourth-order valence-electron chi connectivity index (χ4n) is 2.50. The van der Waals surface area contributed by atoms with Gasteiger partial charge in [0.15, 0.2) is 5.89 Å². The van der Waals surface area contributed by atoms with Gasteiger partial charge in [0.25, 0.3) is 0 Å². The smallest absolute Gasteiger partial charge is 0.197 e. The summed E-state index contributed by atoms with van der Waals surface area (Å²) in [6.07, 6.45) is 7.51. The van der Waals surface area contributed by atoms with E-state index in [0.717, 1.165) is 30.3 Å². The van der Waals surface area contributed by atoms with Gasteiger partial charge in [-0.3, -0.25) is 0 Å². The third-order valence-electron chi connectivity index (χ3n) is 3.42. The standard InChI is InChI=1S/C13H22N2O/c1-3-11-12(9-14-2)16-13(15-11)10-7-5-4-6-8-10/h10,14H,3-9H2,1-2H3. The second-order valence-corrected chi connectivity index (χ2v) is 4.64. The van der Waals surface area contributed by atoms with Crippen molar-refractivity contribution in [2.24, 2.45) is 0 Å². The number of rotatable bonds is 4. The van der Waals surface area contributed by atoms with Crippen LogP contribution in [0.1, 0.15) is 62.3 Å². The zero-order valence-electron chi connectivity index (χ0n) is 10.4. The molecule has 1 aromatic heterocycles. The highest BCUT2D eigenvalue weighted by molar-refractivity contribution is 5.12. The first-order valence-electron chi connectivity index (χ1n) is 6.48. The summed E-state index contributed by atoms with van der Waals surface area (Å²) in [5.41, 5.74) is 1.13. The van der Waals surface area contributed by atoms with Crippen molar-refractivity contribution in [3.05, 3.63) is 17.3 Å². The molecule has 3 nitrogen and oxygen atoms in total. The lowest BCUT2D eigenvalue weighted by Crippen LogP contribution is -2.06. The Morgan fingerprint density at radius 2 is 2.06 bits per heavy atom. The maximum atomic E-state index is 5.91. The summed E-state index contributed by atoms with van der Waals surface area (Å²) in [6, 6.07) is 0. The molecular weight excluding hydrogens is 200 g/mol. The number of aromatic nitrogens is 1. The van der Waals surface area contributed by atoms with Crippen molar-refractivity contribution in [1.29, 1.82) is 0 Å². The molecule has 1 aromatic rings. The van der Waals surface area contributed by atoms with Crippen LogP contribution in [0, 0.1) is 0 Å². The molecule has 0 unspecified atom stereocenters. The molecule has 1 heterocycles. The van der Waals surface area contributed by atoms with E-state index in [9.17, 15) is 0 Å². The Bertz CT molecular complexity index is 327. The first-order chi connectivity index (χ1) is 7.85. The first kappa shape index (κ1) is 11.6. The molecule has 0 radical (unpaired) electrons. The van der Waals surface area contributed by atoms with Gasteiger partial charge in [-0.15, -0.1) is 0 Å². The third-order valence-corrected chi connectivity index (χ3v) is 3.42. The molecule has 1 saturated carbocycles. The van der Waals surface area contributed by atoms with E-state index in [1.165, 1.54) is 32.1 Å². The van der Waals surface area contributed by atoms with Crippen molar-refractivity contribution in [3.63, 3.8) is 0 Å². The minimum Gasteiger partial charge on any atom is -0.444 e. The lowest BCUT2D eigenvalue weighted by molar-refractivity contribution is 0.349. The van der Waals surface area contributed by atoms with Crippen LogP contribution < -0.4 is 5.32 Å². The van der Waals surface area contributed by atoms with Gasteiger partial charge in [0, 0.05) is 5.92 Å². The SMILES string of the molecule is CCc1nc(C2CCCCC2)oc1CNC. The minimum absolute atomic E-state index is 0.574. The normalized spacial score (nSPS) is 17.9. The van der Waals surface area contributed by atoms with Gasteiger partial charge in [-0.05, 0) is 26.3 Å². The van der Waals surface area contributed by atoms with E-state index in [4.69, 9.17) is 4.42 Å². The second kappa shape index (κ2) is 5.48. The fraction of sp³-hybridized carbons (Fsp3) is 0.769. The summed E-state index contributed by atoms with van der Waals surface area (Å²) in [6.45, 7) is 2.94. The topological polar surface area (TPSA) is 38.1 Å². The van der Waals surface area contributed by atoms with Gasteiger partial charge in [0.05, 0.1) is 12.2 Å². The van der Waals surface area contributed by atoms with Gasteiger partial charge in [-0.2, -0.15) is 0 Å². The lowest BCUT2D eigenvalue weighted by Gasteiger charge is -2.17. The molecule has 90 valence electrons. The lowest BCUT2D eigenvalue weighted by atomic mass is 9.89. The average Bonchev–Trinajstić information content (AvgIpc) is 2.74. The van der Waals surface area contributed by atoms with Crippen LogP contribution in [0.5, 0.6) is 0 Å². The highest BCUT2D eigenvalue weighted by Gasteiger charge is 2.22. The molecule has 0 aliphatic heterocycles. The summed E-state index contributed by atoms with van der Waals surface area (Å²) in [5.74, 6) is 2.59. The molecular formula is C13H22N2O. The predicted octanol–water partition coefficient (Wildman–Crippen LogP) is 3.00. The first-order valence-corrected chi connectivity index (χ1v) is 6.48. The molecule has 1 aliphatic carbocycles. The highest BCUT2D eigenvalue weighted by atomic mass is 16.4. The molecule has 0 atom stereocenters. The van der Waals surface area contributed by atoms with Crippen LogP contribution in [0.25, 0.3) is 0 Å². The van der Waals surface area contributed by atoms with E-state index in [-0.39, 0.29) is 0 Å². The van der Waals surface area contributed by atoms with E-state index in [0.29, 0.717) is 5.92 Å². The Balaban J connectivity index is 2.14. The van der Waals surface area contributed by atoms with Gasteiger partial charge in [0.2, 0.25) is 0 Å². The number of nitrogens with zero attached hydrogens (tertiary/aromatic N) is 1. The molecule has 0 amide bonds. The average molecular weight is 222 g/mol. The van der Waals surface area contributed by atoms with Crippen molar-refractivity contribution in [3.8, 4) is 0 Å². The predicted molar refractivity (Wildman–Crippen MR) is 64.5 cm³/mol. The van der Waals surface area contributed by atoms with E-state index < -0.39 is 0 Å². The Morgan fingerprint density at radius 1 is 1.31 bits per heavy atom. The maximum absolute atomic E-state index is 5.91. The van der Waals surface area contributed by atoms with Crippen LogP contribution in [-0.4, -0.2) is 12.0 Å². The van der Waals surface area contributed by atoms with Crippen molar-refractivity contribution >= 4 is 0 Å². The van der Waals surface area contributed by atoms with Crippen LogP contribution in [0.15, 0.2) is 4.42 Å². The summed E-state index contributed by atoms with van der Waals surface area (Å²) < 4.78 is 5.91. The molecule has 1 aliphatic rings. The molecule has 3 heteroatoms. The zero-order valence-corrected chi connectivity index (χ0v) is 10.4. The van der Waals surface area contributed by atoms with Crippen molar-refractivity contribution in [2.45, 2.75) is 57.9 Å². The molecule has 2 rings (SSSR count). The molecule has 16 heavy (non-hydrogen) atoms.